The van der Waals surface area contributed by atoms with E-state index in [1.165, 1.54) is 87.0 Å². The first-order valence-electron chi connectivity index (χ1n) is 35.2. The van der Waals surface area contributed by atoms with Crippen LogP contribution >= 0.6 is 35.1 Å². The smallest absolute Gasteiger partial charge is 0.444 e. The third-order valence-corrected chi connectivity index (χ3v) is 19.4. The molecule has 11 rings (SSSR count). The lowest BCUT2D eigenvalue weighted by Gasteiger charge is -2.29. The Balaban J connectivity index is 0.000000222. The number of halogens is 4. The lowest BCUT2D eigenvalue weighted by Crippen LogP contribution is -2.45. The van der Waals surface area contributed by atoms with Gasteiger partial charge in [-0.05, 0) is 202 Å². The molecule has 0 bridgehead atoms. The SMILES string of the molecule is C.C[C@H](CCCCc1ccccc1)NCc1ccc2cncc(-c3ccsc3)c2c1.C[C@H](CN(CCc1ccccc1)C(=O)OC(C)(C)C)NCc1ccc2cncc(-c3ccsc3)c2c1.C[C@H](CN(CCc1ccccc1)C(=O)OC(C)(C)C)NCc1ccc2cncc(OS(=O)(=O)C(F)(F)F)c2c1.Cl. The molecular formula is C84H100ClF3N8O7S3. The molecule has 106 heavy (non-hydrogen) atoms. The molecule has 0 saturated carbocycles. The minimum absolute atomic E-state index is 0. The van der Waals surface area contributed by atoms with E-state index in [2.05, 4.69) is 161 Å². The molecule has 5 heterocycles. The van der Waals surface area contributed by atoms with Gasteiger partial charge >= 0.3 is 27.8 Å². The summed E-state index contributed by atoms with van der Waals surface area (Å²) in [5.41, 5.74) is 5.01. The average Bonchev–Trinajstić information content (AvgIpc) is 1.02. The van der Waals surface area contributed by atoms with Gasteiger partial charge in [0.1, 0.15) is 11.2 Å². The normalized spacial score (nSPS) is 12.5. The Labute approximate surface area is 637 Å². The van der Waals surface area contributed by atoms with Crippen molar-refractivity contribution in [2.45, 2.75) is 163 Å². The van der Waals surface area contributed by atoms with E-state index in [4.69, 9.17) is 9.47 Å². The molecule has 3 atom stereocenters. The first kappa shape index (κ1) is 84.5. The number of pyridine rings is 3. The Kier molecular flexibility index (Phi) is 32.1. The second-order valence-corrected chi connectivity index (χ2v) is 31.2. The Morgan fingerprint density at radius 2 is 0.858 bits per heavy atom. The number of aryl methyl sites for hydroxylation is 1. The van der Waals surface area contributed by atoms with Crippen molar-refractivity contribution < 1.29 is 44.8 Å². The number of alkyl halides is 3. The van der Waals surface area contributed by atoms with Crippen LogP contribution < -0.4 is 20.1 Å². The monoisotopic (exact) mass is 1520 g/mol. The molecule has 6 aromatic carbocycles. The molecular weight excluding hydrogens is 1420 g/mol. The number of carbonyl (C=O) groups is 2. The van der Waals surface area contributed by atoms with Crippen LogP contribution in [0, 0.1) is 0 Å². The highest BCUT2D eigenvalue weighted by Gasteiger charge is 2.49. The maximum Gasteiger partial charge on any atom is 0.534 e. The summed E-state index contributed by atoms with van der Waals surface area (Å²) in [5.74, 6) is -0.517. The fraction of sp³-hybridized carbons (Fsp3) is 0.345. The van der Waals surface area contributed by atoms with Gasteiger partial charge in [-0.3, -0.25) is 15.0 Å². The Morgan fingerprint density at radius 3 is 1.25 bits per heavy atom. The van der Waals surface area contributed by atoms with Crippen LogP contribution in [0.15, 0.2) is 216 Å². The summed E-state index contributed by atoms with van der Waals surface area (Å²) in [6.45, 7) is 21.3. The van der Waals surface area contributed by atoms with E-state index in [1.807, 2.05) is 106 Å². The van der Waals surface area contributed by atoms with Gasteiger partial charge in [0.25, 0.3) is 0 Å². The van der Waals surface area contributed by atoms with Crippen LogP contribution in [0.3, 0.4) is 0 Å². The molecule has 0 fully saturated rings. The van der Waals surface area contributed by atoms with E-state index in [-0.39, 0.29) is 43.4 Å². The molecule has 0 spiro atoms. The molecule has 0 aliphatic rings. The lowest BCUT2D eigenvalue weighted by molar-refractivity contribution is -0.0499. The highest BCUT2D eigenvalue weighted by Crippen LogP contribution is 2.34. The standard InChI is InChI=1S/C30H35N3O2S.C27H32F3N3O5S.C26H28N2S.CH4.ClH/c1-22(20-33(29(34)35-30(2,3)4)14-12-23-8-6-5-7-9-23)32-17-24-10-11-25-18-31-19-28(27(25)16-24)26-13-15-36-21-26;1-19(18-33(25(34)37-26(2,3)4)13-12-20-8-6-5-7-9-20)32-15-21-10-11-22-16-31-17-24(23(22)14-21)38-39(35,36)27(28,29)30;1-20(7-5-6-10-21-8-3-2-4-9-21)28-16-22-11-12-23-17-27-18-26(25(23)15-22)24-13-14-29-19-24;;/h5-11,13,15-16,18-19,21-22,32H,12,14,17,20H2,1-4H3;5-11,14,16-17,19,32H,12-13,15,18H2,1-4H3;2-4,8-9,11-15,17-20,28H,5-7,10,16H2,1H3;1H4;1H/t22-;19-;20-;;/m111../s1. The molecule has 0 saturated heterocycles. The van der Waals surface area contributed by atoms with Crippen LogP contribution in [0.2, 0.25) is 0 Å². The molecule has 11 aromatic rings. The van der Waals surface area contributed by atoms with Crippen molar-refractivity contribution in [1.82, 2.24) is 40.7 Å². The highest BCUT2D eigenvalue weighted by molar-refractivity contribution is 7.88. The molecule has 0 aliphatic heterocycles. The summed E-state index contributed by atoms with van der Waals surface area (Å²) < 4.78 is 77.2. The molecule has 0 radical (unpaired) electrons. The Morgan fingerprint density at radius 1 is 0.481 bits per heavy atom. The van der Waals surface area contributed by atoms with E-state index < -0.39 is 38.7 Å². The zero-order chi connectivity index (χ0) is 74.3. The van der Waals surface area contributed by atoms with Crippen LogP contribution in [0.4, 0.5) is 22.8 Å². The van der Waals surface area contributed by atoms with E-state index in [9.17, 15) is 31.2 Å². The Hall–Kier alpha value is -8.80. The summed E-state index contributed by atoms with van der Waals surface area (Å²) in [6.07, 6.45) is 15.8. The number of nitrogens with zero attached hydrogens (tertiary/aromatic N) is 5. The zero-order valence-electron chi connectivity index (χ0n) is 61.1. The first-order valence-corrected chi connectivity index (χ1v) is 38.5. The van der Waals surface area contributed by atoms with Gasteiger partial charge in [0.2, 0.25) is 0 Å². The molecule has 5 aromatic heterocycles. The number of ether oxygens (including phenoxy) is 2. The molecule has 0 aliphatic carbocycles. The van der Waals surface area contributed by atoms with Crippen molar-refractivity contribution in [2.24, 2.45) is 0 Å². The molecule has 0 unspecified atom stereocenters. The second kappa shape index (κ2) is 40.2. The summed E-state index contributed by atoms with van der Waals surface area (Å²) in [7, 11) is -5.85. The van der Waals surface area contributed by atoms with Crippen molar-refractivity contribution >= 4 is 89.7 Å². The number of thiophene rings is 2. The van der Waals surface area contributed by atoms with Gasteiger partial charge in [0.15, 0.2) is 5.75 Å². The summed E-state index contributed by atoms with van der Waals surface area (Å²) in [4.78, 5) is 41.9. The number of fused-ring (bicyclic) bond motifs is 3. The van der Waals surface area contributed by atoms with Crippen LogP contribution in [0.25, 0.3) is 54.6 Å². The predicted octanol–water partition coefficient (Wildman–Crippen LogP) is 20.3. The number of rotatable bonds is 28. The van der Waals surface area contributed by atoms with Crippen LogP contribution in [0.5, 0.6) is 5.75 Å². The van der Waals surface area contributed by atoms with Gasteiger partial charge in [0, 0.05) is 128 Å². The molecule has 564 valence electrons. The van der Waals surface area contributed by atoms with E-state index >= 15 is 0 Å². The van der Waals surface area contributed by atoms with Gasteiger partial charge in [-0.25, -0.2) is 9.59 Å². The van der Waals surface area contributed by atoms with Crippen LogP contribution in [0.1, 0.15) is 122 Å². The maximum absolute atomic E-state index is 13.0. The van der Waals surface area contributed by atoms with Gasteiger partial charge in [-0.2, -0.15) is 44.3 Å². The van der Waals surface area contributed by atoms with E-state index in [0.29, 0.717) is 62.7 Å². The van der Waals surface area contributed by atoms with Crippen molar-refractivity contribution in [3.63, 3.8) is 0 Å². The fourth-order valence-electron chi connectivity index (χ4n) is 11.6. The van der Waals surface area contributed by atoms with Crippen molar-refractivity contribution in [1.29, 1.82) is 0 Å². The number of benzene rings is 6. The third kappa shape index (κ3) is 26.6. The molecule has 15 nitrogen and oxygen atoms in total. The van der Waals surface area contributed by atoms with Gasteiger partial charge in [-0.1, -0.05) is 141 Å². The van der Waals surface area contributed by atoms with Crippen molar-refractivity contribution in [3.8, 4) is 28.0 Å². The fourth-order valence-corrected chi connectivity index (χ4v) is 13.4. The molecule has 2 amide bonds. The largest absolute Gasteiger partial charge is 0.534 e. The third-order valence-electron chi connectivity index (χ3n) is 17.1. The lowest BCUT2D eigenvalue weighted by atomic mass is 10.0. The number of hydrogen-bond donors (Lipinski definition) is 3. The minimum Gasteiger partial charge on any atom is -0.444 e. The van der Waals surface area contributed by atoms with Crippen molar-refractivity contribution in [2.75, 3.05) is 26.2 Å². The van der Waals surface area contributed by atoms with Gasteiger partial charge in [-0.15, -0.1) is 12.4 Å². The number of nitrogens with one attached hydrogen (secondary N) is 3. The average molecular weight is 1520 g/mol. The minimum atomic E-state index is -5.85. The van der Waals surface area contributed by atoms with Crippen LogP contribution in [-0.2, 0) is 58.5 Å². The molecule has 22 heteroatoms. The van der Waals surface area contributed by atoms with E-state index in [1.54, 1.807) is 66.5 Å². The predicted molar refractivity (Wildman–Crippen MR) is 430 cm³/mol. The zero-order valence-corrected chi connectivity index (χ0v) is 64.3. The highest BCUT2D eigenvalue weighted by atomic mass is 35.5. The summed E-state index contributed by atoms with van der Waals surface area (Å²) in [6, 6.07) is 53.7. The molecule has 3 N–H and O–H groups in total. The number of hydrogen-bond acceptors (Lipinski definition) is 15. The number of carbonyl (C=O) groups excluding carboxylic acids is 2. The second-order valence-electron chi connectivity index (χ2n) is 28.1. The summed E-state index contributed by atoms with van der Waals surface area (Å²) in [5, 5.41) is 24.6. The number of aromatic nitrogens is 3. The van der Waals surface area contributed by atoms with Gasteiger partial charge in [0.05, 0.1) is 6.20 Å². The van der Waals surface area contributed by atoms with Crippen molar-refractivity contribution in [3.05, 3.63) is 250 Å². The maximum atomic E-state index is 13.0. The Bertz CT molecular complexity index is 4610. The van der Waals surface area contributed by atoms with Gasteiger partial charge < -0.3 is 39.4 Å². The quantitative estimate of drug-likeness (QED) is 0.0240. The number of unbranched alkanes of at least 4 members (excludes halogenated alkanes) is 1. The topological polar surface area (TPSA) is 177 Å². The first-order chi connectivity index (χ1) is 49.7. The van der Waals surface area contributed by atoms with Crippen LogP contribution in [-0.4, -0.2) is 106 Å². The van der Waals surface area contributed by atoms with E-state index in [0.717, 1.165) is 35.7 Å². The number of amides is 2. The summed E-state index contributed by atoms with van der Waals surface area (Å²) >= 11 is 3.42.